The van der Waals surface area contributed by atoms with Crippen molar-refractivity contribution in [3.63, 3.8) is 0 Å². The summed E-state index contributed by atoms with van der Waals surface area (Å²) in [6, 6.07) is 0. The Balaban J connectivity index is 0.00000256. The van der Waals surface area contributed by atoms with E-state index < -0.39 is 0 Å². The average molecular weight is 355 g/mol. The van der Waals surface area contributed by atoms with Crippen LogP contribution in [0.4, 0.5) is 0 Å². The molecule has 1 rings (SSSR count). The minimum absolute atomic E-state index is 0. The highest BCUT2D eigenvalue weighted by molar-refractivity contribution is 14.0. The molecule has 1 aliphatic rings. The smallest absolute Gasteiger partial charge is 0.193 e. The van der Waals surface area contributed by atoms with Gasteiger partial charge in [-0.05, 0) is 19.8 Å². The lowest BCUT2D eigenvalue weighted by Crippen LogP contribution is -2.41. The second-order valence-corrected chi connectivity index (χ2v) is 4.35. The Morgan fingerprint density at radius 2 is 2.24 bits per heavy atom. The van der Waals surface area contributed by atoms with Crippen LogP contribution in [-0.4, -0.2) is 50.8 Å². The largest absolute Gasteiger partial charge is 0.381 e. The van der Waals surface area contributed by atoms with Crippen molar-refractivity contribution in [2.45, 2.75) is 26.7 Å². The van der Waals surface area contributed by atoms with Crippen LogP contribution in [0.3, 0.4) is 0 Å². The van der Waals surface area contributed by atoms with Crippen LogP contribution in [0.25, 0.3) is 0 Å². The number of nitrogens with zero attached hydrogens (tertiary/aromatic N) is 2. The molecule has 0 aromatic rings. The second kappa shape index (κ2) is 9.94. The molecule has 1 aliphatic heterocycles. The first kappa shape index (κ1) is 17.0. The third-order valence-electron chi connectivity index (χ3n) is 2.74. The molecule has 0 spiro atoms. The quantitative estimate of drug-likeness (QED) is 0.465. The SMILES string of the molecule is CCCN=C(NCC)N(C)CC1CCOC1.I. The average Bonchev–Trinajstić information content (AvgIpc) is 2.76. The molecule has 0 amide bonds. The zero-order valence-corrected chi connectivity index (χ0v) is 13.6. The van der Waals surface area contributed by atoms with E-state index in [0.29, 0.717) is 5.92 Å². The molecule has 1 atom stereocenters. The molecule has 1 N–H and O–H groups in total. The van der Waals surface area contributed by atoms with Crippen LogP contribution in [0.15, 0.2) is 4.99 Å². The molecule has 4 nitrogen and oxygen atoms in total. The van der Waals surface area contributed by atoms with Gasteiger partial charge in [-0.25, -0.2) is 0 Å². The van der Waals surface area contributed by atoms with Gasteiger partial charge in [-0.2, -0.15) is 0 Å². The van der Waals surface area contributed by atoms with Crippen molar-refractivity contribution >= 4 is 29.9 Å². The maximum Gasteiger partial charge on any atom is 0.193 e. The summed E-state index contributed by atoms with van der Waals surface area (Å²) < 4.78 is 5.39. The summed E-state index contributed by atoms with van der Waals surface area (Å²) in [6.45, 7) is 8.93. The number of hydrogen-bond donors (Lipinski definition) is 1. The Hall–Kier alpha value is -0.0400. The summed E-state index contributed by atoms with van der Waals surface area (Å²) in [4.78, 5) is 6.79. The van der Waals surface area contributed by atoms with Crippen LogP contribution < -0.4 is 5.32 Å². The van der Waals surface area contributed by atoms with Crippen molar-refractivity contribution in [2.75, 3.05) is 39.9 Å². The molecule has 5 heteroatoms. The van der Waals surface area contributed by atoms with E-state index in [2.05, 4.69) is 36.1 Å². The predicted molar refractivity (Wildman–Crippen MR) is 83.2 cm³/mol. The molecule has 0 aromatic carbocycles. The van der Waals surface area contributed by atoms with E-state index in [-0.39, 0.29) is 24.0 Å². The van der Waals surface area contributed by atoms with Gasteiger partial charge in [0, 0.05) is 39.2 Å². The van der Waals surface area contributed by atoms with Gasteiger partial charge in [-0.15, -0.1) is 24.0 Å². The van der Waals surface area contributed by atoms with Gasteiger partial charge in [0.25, 0.3) is 0 Å². The molecule has 0 saturated carbocycles. The minimum atomic E-state index is 0. The molecule has 0 bridgehead atoms. The number of guanidine groups is 1. The van der Waals surface area contributed by atoms with E-state index in [9.17, 15) is 0 Å². The monoisotopic (exact) mass is 355 g/mol. The Morgan fingerprint density at radius 3 is 2.76 bits per heavy atom. The first-order valence-corrected chi connectivity index (χ1v) is 6.35. The third-order valence-corrected chi connectivity index (χ3v) is 2.74. The summed E-state index contributed by atoms with van der Waals surface area (Å²) in [5.41, 5.74) is 0. The zero-order chi connectivity index (χ0) is 11.8. The van der Waals surface area contributed by atoms with E-state index in [4.69, 9.17) is 4.74 Å². The van der Waals surface area contributed by atoms with Gasteiger partial charge < -0.3 is 15.0 Å². The van der Waals surface area contributed by atoms with Crippen LogP contribution in [0.2, 0.25) is 0 Å². The molecular formula is C12H26IN3O. The van der Waals surface area contributed by atoms with Crippen LogP contribution in [0.5, 0.6) is 0 Å². The summed E-state index contributed by atoms with van der Waals surface area (Å²) in [5, 5.41) is 3.33. The number of hydrogen-bond acceptors (Lipinski definition) is 2. The normalized spacial score (nSPS) is 19.9. The Labute approximate surface area is 122 Å². The van der Waals surface area contributed by atoms with Gasteiger partial charge in [-0.1, -0.05) is 6.92 Å². The predicted octanol–water partition coefficient (Wildman–Crippen LogP) is 1.95. The van der Waals surface area contributed by atoms with Crippen molar-refractivity contribution < 1.29 is 4.74 Å². The number of ether oxygens (including phenoxy) is 1. The van der Waals surface area contributed by atoms with Crippen molar-refractivity contribution in [3.05, 3.63) is 0 Å². The van der Waals surface area contributed by atoms with E-state index in [1.807, 2.05) is 0 Å². The highest BCUT2D eigenvalue weighted by Gasteiger charge is 2.18. The van der Waals surface area contributed by atoms with Crippen molar-refractivity contribution in [2.24, 2.45) is 10.9 Å². The van der Waals surface area contributed by atoms with Gasteiger partial charge in [0.05, 0.1) is 6.61 Å². The number of aliphatic imine (C=N–C) groups is 1. The Bertz CT molecular complexity index is 218. The fraction of sp³-hybridized carbons (Fsp3) is 0.917. The van der Waals surface area contributed by atoms with E-state index in [1.165, 1.54) is 6.42 Å². The molecule has 0 radical (unpaired) electrons. The first-order valence-electron chi connectivity index (χ1n) is 6.35. The Morgan fingerprint density at radius 1 is 1.47 bits per heavy atom. The van der Waals surface area contributed by atoms with Crippen LogP contribution in [0, 0.1) is 5.92 Å². The molecule has 0 aromatic heterocycles. The van der Waals surface area contributed by atoms with Gasteiger partial charge in [0.15, 0.2) is 5.96 Å². The summed E-state index contributed by atoms with van der Waals surface area (Å²) in [6.07, 6.45) is 2.27. The molecule has 1 fully saturated rings. The first-order chi connectivity index (χ1) is 7.77. The maximum absolute atomic E-state index is 5.39. The van der Waals surface area contributed by atoms with E-state index in [1.54, 1.807) is 0 Å². The lowest BCUT2D eigenvalue weighted by molar-refractivity contribution is 0.181. The number of halogens is 1. The fourth-order valence-electron chi connectivity index (χ4n) is 1.89. The highest BCUT2D eigenvalue weighted by Crippen LogP contribution is 2.13. The molecule has 0 aliphatic carbocycles. The lowest BCUT2D eigenvalue weighted by Gasteiger charge is -2.24. The van der Waals surface area contributed by atoms with Gasteiger partial charge in [-0.3, -0.25) is 4.99 Å². The topological polar surface area (TPSA) is 36.9 Å². The van der Waals surface area contributed by atoms with Crippen LogP contribution in [0.1, 0.15) is 26.7 Å². The Kier molecular flexibility index (Phi) is 9.91. The van der Waals surface area contributed by atoms with Crippen LogP contribution in [-0.2, 0) is 4.74 Å². The molecule has 1 unspecified atom stereocenters. The summed E-state index contributed by atoms with van der Waals surface area (Å²) >= 11 is 0. The number of rotatable bonds is 5. The summed E-state index contributed by atoms with van der Waals surface area (Å²) in [5.74, 6) is 1.69. The van der Waals surface area contributed by atoms with E-state index >= 15 is 0 Å². The van der Waals surface area contributed by atoms with Gasteiger partial charge in [0.1, 0.15) is 0 Å². The van der Waals surface area contributed by atoms with E-state index in [0.717, 1.165) is 45.2 Å². The van der Waals surface area contributed by atoms with Crippen molar-refractivity contribution in [1.29, 1.82) is 0 Å². The van der Waals surface area contributed by atoms with Gasteiger partial charge in [0.2, 0.25) is 0 Å². The summed E-state index contributed by atoms with van der Waals surface area (Å²) in [7, 11) is 2.11. The molecule has 1 saturated heterocycles. The number of nitrogens with one attached hydrogen (secondary N) is 1. The highest BCUT2D eigenvalue weighted by atomic mass is 127. The van der Waals surface area contributed by atoms with Gasteiger partial charge >= 0.3 is 0 Å². The molecule has 17 heavy (non-hydrogen) atoms. The molecular weight excluding hydrogens is 329 g/mol. The second-order valence-electron chi connectivity index (χ2n) is 4.35. The lowest BCUT2D eigenvalue weighted by atomic mass is 10.1. The van der Waals surface area contributed by atoms with Crippen molar-refractivity contribution in [3.8, 4) is 0 Å². The maximum atomic E-state index is 5.39. The minimum Gasteiger partial charge on any atom is -0.381 e. The standard InChI is InChI=1S/C12H25N3O.HI/c1-4-7-14-12(13-5-2)15(3)9-11-6-8-16-10-11;/h11H,4-10H2,1-3H3,(H,13,14);1H. The fourth-order valence-corrected chi connectivity index (χ4v) is 1.89. The van der Waals surface area contributed by atoms with Crippen molar-refractivity contribution in [1.82, 2.24) is 10.2 Å². The van der Waals surface area contributed by atoms with Crippen LogP contribution >= 0.6 is 24.0 Å². The molecule has 1 heterocycles. The molecule has 102 valence electrons. The zero-order valence-electron chi connectivity index (χ0n) is 11.2. The third kappa shape index (κ3) is 6.45.